The predicted molar refractivity (Wildman–Crippen MR) is 153 cm³/mol. The Hall–Kier alpha value is -4.46. The van der Waals surface area contributed by atoms with Crippen molar-refractivity contribution in [3.63, 3.8) is 0 Å². The first-order chi connectivity index (χ1) is 19.4. The van der Waals surface area contributed by atoms with Gasteiger partial charge >= 0.3 is 0 Å². The van der Waals surface area contributed by atoms with Crippen LogP contribution >= 0.6 is 0 Å². The molecule has 1 aromatic heterocycles. The number of piperidine rings is 1. The molecule has 3 aromatic rings. The van der Waals surface area contributed by atoms with Crippen LogP contribution in [0.15, 0.2) is 69.4 Å². The fourth-order valence-corrected chi connectivity index (χ4v) is 4.83. The SMILES string of the molecule is CC1=CCc2c(cc3oc(C)cc(=O)c3c2O)OC1.O=C(C=CC=Cc1ccc2c(c1)OCO2)N1CCCCC1. The summed E-state index contributed by atoms with van der Waals surface area (Å²) in [5.74, 6) is 2.71. The molecule has 208 valence electrons. The molecule has 0 bridgehead atoms. The standard InChI is InChI=1S/C17H19NO3.C15H14O4/c19-17(18-10-4-1-5-11-18)7-3-2-6-14-8-9-15-16(12-14)21-13-20-15;1-8-3-4-10-12(18-7-8)6-13-14(15(10)17)11(16)5-9(2)19-13/h2-3,6-9,12H,1,4-5,10-11,13H2;3,5-6,17H,4,7H2,1-2H3. The average Bonchev–Trinajstić information content (AvgIpc) is 3.33. The number of hydrogen-bond donors (Lipinski definition) is 1. The Balaban J connectivity index is 0.000000162. The smallest absolute Gasteiger partial charge is 0.246 e. The van der Waals surface area contributed by atoms with Crippen LogP contribution in [0.2, 0.25) is 0 Å². The molecule has 6 rings (SSSR count). The summed E-state index contributed by atoms with van der Waals surface area (Å²) in [6.07, 6.45) is 13.3. The summed E-state index contributed by atoms with van der Waals surface area (Å²) >= 11 is 0. The van der Waals surface area contributed by atoms with E-state index in [0.29, 0.717) is 35.7 Å². The summed E-state index contributed by atoms with van der Waals surface area (Å²) in [5.41, 5.74) is 2.88. The van der Waals surface area contributed by atoms with Crippen LogP contribution in [-0.4, -0.2) is 42.4 Å². The van der Waals surface area contributed by atoms with E-state index < -0.39 is 0 Å². The fraction of sp³-hybridized carbons (Fsp3) is 0.312. The molecule has 8 heteroatoms. The zero-order chi connectivity index (χ0) is 28.1. The van der Waals surface area contributed by atoms with Crippen molar-refractivity contribution in [3.05, 3.63) is 87.3 Å². The van der Waals surface area contributed by atoms with E-state index in [1.165, 1.54) is 12.5 Å². The van der Waals surface area contributed by atoms with E-state index in [2.05, 4.69) is 0 Å². The molecule has 3 aliphatic heterocycles. The number of nitrogens with zero attached hydrogens (tertiary/aromatic N) is 1. The van der Waals surface area contributed by atoms with Crippen molar-refractivity contribution in [2.75, 3.05) is 26.5 Å². The minimum Gasteiger partial charge on any atom is -0.507 e. The zero-order valence-corrected chi connectivity index (χ0v) is 22.8. The molecule has 0 aliphatic carbocycles. The van der Waals surface area contributed by atoms with Crippen LogP contribution in [0.1, 0.15) is 43.1 Å². The largest absolute Gasteiger partial charge is 0.507 e. The van der Waals surface area contributed by atoms with Gasteiger partial charge in [-0.25, -0.2) is 0 Å². The topological polar surface area (TPSA) is 98.4 Å². The van der Waals surface area contributed by atoms with Crippen molar-refractivity contribution >= 4 is 23.0 Å². The number of likely N-dealkylation sites (tertiary alicyclic amines) is 1. The monoisotopic (exact) mass is 543 g/mol. The number of benzene rings is 2. The van der Waals surface area contributed by atoms with Crippen LogP contribution in [0.4, 0.5) is 0 Å². The Morgan fingerprint density at radius 3 is 2.58 bits per heavy atom. The van der Waals surface area contributed by atoms with Gasteiger partial charge in [-0.1, -0.05) is 30.4 Å². The number of aromatic hydroxyl groups is 1. The van der Waals surface area contributed by atoms with Gasteiger partial charge in [-0.2, -0.15) is 0 Å². The number of phenols is 1. The Morgan fingerprint density at radius 2 is 1.75 bits per heavy atom. The molecule has 1 saturated heterocycles. The predicted octanol–water partition coefficient (Wildman–Crippen LogP) is 5.69. The van der Waals surface area contributed by atoms with Crippen LogP contribution in [-0.2, 0) is 11.2 Å². The normalized spacial score (nSPS) is 16.2. The van der Waals surface area contributed by atoms with Gasteiger partial charge in [0.2, 0.25) is 12.7 Å². The number of phenolic OH excluding ortho intramolecular Hbond substituents is 1. The second-order valence-corrected chi connectivity index (χ2v) is 10.1. The Labute approximate surface area is 232 Å². The molecule has 3 aliphatic rings. The lowest BCUT2D eigenvalue weighted by Crippen LogP contribution is -2.34. The first-order valence-electron chi connectivity index (χ1n) is 13.5. The van der Waals surface area contributed by atoms with E-state index in [1.54, 1.807) is 25.1 Å². The Morgan fingerprint density at radius 1 is 0.950 bits per heavy atom. The second kappa shape index (κ2) is 12.2. The summed E-state index contributed by atoms with van der Waals surface area (Å²) < 4.78 is 21.7. The Bertz CT molecular complexity index is 1560. The zero-order valence-electron chi connectivity index (χ0n) is 22.8. The first kappa shape index (κ1) is 27.1. The van der Waals surface area contributed by atoms with Gasteiger partial charge in [0.1, 0.15) is 34.8 Å². The fourth-order valence-electron chi connectivity index (χ4n) is 4.83. The van der Waals surface area contributed by atoms with Gasteiger partial charge in [-0.15, -0.1) is 0 Å². The number of rotatable bonds is 3. The third-order valence-electron chi connectivity index (χ3n) is 6.99. The highest BCUT2D eigenvalue weighted by Gasteiger charge is 2.19. The van der Waals surface area contributed by atoms with E-state index in [9.17, 15) is 14.7 Å². The van der Waals surface area contributed by atoms with Crippen LogP contribution in [0.25, 0.3) is 17.0 Å². The number of carbonyl (C=O) groups excluding carboxylic acids is 1. The molecule has 2 aromatic carbocycles. The van der Waals surface area contributed by atoms with Gasteiger partial charge in [-0.05, 0) is 62.8 Å². The number of amides is 1. The van der Waals surface area contributed by atoms with E-state index >= 15 is 0 Å². The molecule has 0 unspecified atom stereocenters. The molecular formula is C32H33NO7. The maximum absolute atomic E-state index is 12.0. The highest BCUT2D eigenvalue weighted by Crippen LogP contribution is 2.37. The molecule has 1 amide bonds. The molecule has 4 heterocycles. The molecule has 0 radical (unpaired) electrons. The van der Waals surface area contributed by atoms with Crippen molar-refractivity contribution in [2.24, 2.45) is 0 Å². The second-order valence-electron chi connectivity index (χ2n) is 10.1. The van der Waals surface area contributed by atoms with Gasteiger partial charge in [0.25, 0.3) is 0 Å². The lowest BCUT2D eigenvalue weighted by Gasteiger charge is -2.25. The lowest BCUT2D eigenvalue weighted by molar-refractivity contribution is -0.126. The summed E-state index contributed by atoms with van der Waals surface area (Å²) in [5, 5.41) is 10.5. The van der Waals surface area contributed by atoms with Crippen molar-refractivity contribution in [3.8, 4) is 23.0 Å². The number of ether oxygens (including phenoxy) is 3. The van der Waals surface area contributed by atoms with Crippen molar-refractivity contribution in [1.82, 2.24) is 4.90 Å². The maximum Gasteiger partial charge on any atom is 0.246 e. The van der Waals surface area contributed by atoms with E-state index in [-0.39, 0.29) is 29.3 Å². The van der Waals surface area contributed by atoms with Crippen molar-refractivity contribution < 1.29 is 28.5 Å². The first-order valence-corrected chi connectivity index (χ1v) is 13.5. The molecular weight excluding hydrogens is 510 g/mol. The van der Waals surface area contributed by atoms with E-state index in [4.69, 9.17) is 18.6 Å². The van der Waals surface area contributed by atoms with E-state index in [1.807, 2.05) is 48.3 Å². The number of carbonyl (C=O) groups is 1. The number of fused-ring (bicyclic) bond motifs is 3. The molecule has 40 heavy (non-hydrogen) atoms. The highest BCUT2D eigenvalue weighted by molar-refractivity contribution is 5.88. The highest BCUT2D eigenvalue weighted by atomic mass is 16.7. The molecule has 0 saturated carbocycles. The molecule has 8 nitrogen and oxygen atoms in total. The quantitative estimate of drug-likeness (QED) is 0.258. The van der Waals surface area contributed by atoms with E-state index in [0.717, 1.165) is 48.6 Å². The molecule has 1 fully saturated rings. The van der Waals surface area contributed by atoms with Crippen molar-refractivity contribution in [1.29, 1.82) is 0 Å². The van der Waals surface area contributed by atoms with Gasteiger partial charge in [0.05, 0.1) is 0 Å². The molecule has 0 atom stereocenters. The number of allylic oxidation sites excluding steroid dienone is 3. The minimum absolute atomic E-state index is 0.0350. The van der Waals surface area contributed by atoms with Crippen molar-refractivity contribution in [2.45, 2.75) is 39.5 Å². The summed E-state index contributed by atoms with van der Waals surface area (Å²) in [4.78, 5) is 25.8. The molecule has 0 spiro atoms. The summed E-state index contributed by atoms with van der Waals surface area (Å²) in [6.45, 7) is 6.21. The number of hydrogen-bond acceptors (Lipinski definition) is 7. The van der Waals surface area contributed by atoms with Gasteiger partial charge in [-0.3, -0.25) is 9.59 Å². The van der Waals surface area contributed by atoms with Crippen LogP contribution in [0, 0.1) is 6.92 Å². The van der Waals surface area contributed by atoms with Crippen LogP contribution in [0.3, 0.4) is 0 Å². The third-order valence-corrected chi connectivity index (χ3v) is 6.99. The number of aryl methyl sites for hydroxylation is 1. The maximum atomic E-state index is 12.0. The minimum atomic E-state index is -0.232. The van der Waals surface area contributed by atoms with Gasteiger partial charge < -0.3 is 28.6 Å². The van der Waals surface area contributed by atoms with Crippen LogP contribution < -0.4 is 19.6 Å². The lowest BCUT2D eigenvalue weighted by atomic mass is 10.0. The summed E-state index contributed by atoms with van der Waals surface area (Å²) in [7, 11) is 0. The molecule has 1 N–H and O–H groups in total. The summed E-state index contributed by atoms with van der Waals surface area (Å²) in [6, 6.07) is 8.85. The average molecular weight is 544 g/mol. The van der Waals surface area contributed by atoms with Crippen LogP contribution in [0.5, 0.6) is 23.0 Å². The Kier molecular flexibility index (Phi) is 8.24. The van der Waals surface area contributed by atoms with Gasteiger partial charge in [0.15, 0.2) is 16.9 Å². The van der Waals surface area contributed by atoms with Gasteiger partial charge in [0, 0.05) is 36.9 Å². The third kappa shape index (κ3) is 6.22.